The molecule has 1 aromatic carbocycles. The van der Waals surface area contributed by atoms with Gasteiger partial charge in [-0.15, -0.1) is 0 Å². The molecule has 120 valence electrons. The summed E-state index contributed by atoms with van der Waals surface area (Å²) in [4.78, 5) is 18.7. The zero-order valence-corrected chi connectivity index (χ0v) is 13.2. The van der Waals surface area contributed by atoms with Crippen molar-refractivity contribution in [3.8, 4) is 0 Å². The zero-order valence-electron chi connectivity index (χ0n) is 13.2. The Balaban J connectivity index is 1.54. The van der Waals surface area contributed by atoms with Crippen LogP contribution in [0.15, 0.2) is 30.3 Å². The number of rotatable bonds is 3. The molecule has 2 N–H and O–H groups in total. The van der Waals surface area contributed by atoms with Gasteiger partial charge in [-0.25, -0.2) is 0 Å². The van der Waals surface area contributed by atoms with Crippen LogP contribution in [0.4, 0.5) is 5.69 Å². The molecule has 22 heavy (non-hydrogen) atoms. The van der Waals surface area contributed by atoms with Gasteiger partial charge in [-0.2, -0.15) is 0 Å². The largest absolute Gasteiger partial charge is 0.369 e. The van der Waals surface area contributed by atoms with E-state index in [-0.39, 0.29) is 12.5 Å². The summed E-state index contributed by atoms with van der Waals surface area (Å²) in [5, 5.41) is 0. The van der Waals surface area contributed by atoms with Gasteiger partial charge in [-0.05, 0) is 25.0 Å². The van der Waals surface area contributed by atoms with Gasteiger partial charge in [-0.1, -0.05) is 18.2 Å². The number of nitrogens with two attached hydrogens (primary N) is 1. The van der Waals surface area contributed by atoms with Crippen molar-refractivity contribution in [2.75, 3.05) is 50.7 Å². The molecule has 2 aliphatic heterocycles. The summed E-state index contributed by atoms with van der Waals surface area (Å²) in [7, 11) is 0. The Morgan fingerprint density at radius 3 is 2.50 bits per heavy atom. The minimum absolute atomic E-state index is 0.0904. The highest BCUT2D eigenvalue weighted by Crippen LogP contribution is 2.20. The Morgan fingerprint density at radius 1 is 1.09 bits per heavy atom. The minimum Gasteiger partial charge on any atom is -0.369 e. The van der Waals surface area contributed by atoms with Crippen molar-refractivity contribution in [1.29, 1.82) is 0 Å². The summed E-state index contributed by atoms with van der Waals surface area (Å²) < 4.78 is 0. The van der Waals surface area contributed by atoms with E-state index >= 15 is 0 Å². The SMILES string of the molecule is NCC(=O)N1CCCC(N2CCN(c3ccccc3)CC2)C1. The van der Waals surface area contributed by atoms with Gasteiger partial charge >= 0.3 is 0 Å². The molecule has 0 aromatic heterocycles. The van der Waals surface area contributed by atoms with Gasteiger partial charge in [0, 0.05) is 51.0 Å². The third-order valence-electron chi connectivity index (χ3n) is 4.88. The smallest absolute Gasteiger partial charge is 0.236 e. The lowest BCUT2D eigenvalue weighted by molar-refractivity contribution is -0.131. The van der Waals surface area contributed by atoms with E-state index in [9.17, 15) is 4.79 Å². The second kappa shape index (κ2) is 7.11. The number of carbonyl (C=O) groups excluding carboxylic acids is 1. The van der Waals surface area contributed by atoms with Gasteiger partial charge in [0.2, 0.25) is 5.91 Å². The highest BCUT2D eigenvalue weighted by molar-refractivity contribution is 5.78. The van der Waals surface area contributed by atoms with Crippen LogP contribution in [-0.4, -0.2) is 67.6 Å². The minimum atomic E-state index is 0.0904. The van der Waals surface area contributed by atoms with Crippen molar-refractivity contribution in [2.24, 2.45) is 5.73 Å². The van der Waals surface area contributed by atoms with E-state index in [1.54, 1.807) is 0 Å². The molecule has 2 fully saturated rings. The number of hydrogen-bond donors (Lipinski definition) is 1. The molecule has 2 heterocycles. The van der Waals surface area contributed by atoms with E-state index in [0.29, 0.717) is 6.04 Å². The molecule has 2 aliphatic rings. The van der Waals surface area contributed by atoms with Crippen LogP contribution in [0.3, 0.4) is 0 Å². The first-order chi connectivity index (χ1) is 10.8. The molecule has 2 saturated heterocycles. The predicted octanol–water partition coefficient (Wildman–Crippen LogP) is 0.758. The second-order valence-corrected chi connectivity index (χ2v) is 6.20. The van der Waals surface area contributed by atoms with Gasteiger partial charge in [0.05, 0.1) is 6.54 Å². The number of para-hydroxylation sites is 1. The highest BCUT2D eigenvalue weighted by atomic mass is 16.2. The van der Waals surface area contributed by atoms with Gasteiger partial charge in [0.15, 0.2) is 0 Å². The van der Waals surface area contributed by atoms with Crippen LogP contribution >= 0.6 is 0 Å². The Morgan fingerprint density at radius 2 is 1.82 bits per heavy atom. The van der Waals surface area contributed by atoms with Crippen molar-refractivity contribution in [3.05, 3.63) is 30.3 Å². The van der Waals surface area contributed by atoms with Crippen molar-refractivity contribution < 1.29 is 4.79 Å². The first-order valence-electron chi connectivity index (χ1n) is 8.30. The lowest BCUT2D eigenvalue weighted by Crippen LogP contribution is -2.56. The topological polar surface area (TPSA) is 52.8 Å². The molecule has 1 aromatic rings. The fourth-order valence-corrected chi connectivity index (χ4v) is 3.59. The first kappa shape index (κ1) is 15.3. The van der Waals surface area contributed by atoms with Crippen LogP contribution in [0.5, 0.6) is 0 Å². The summed E-state index contributed by atoms with van der Waals surface area (Å²) in [6, 6.07) is 11.1. The van der Waals surface area contributed by atoms with Gasteiger partial charge in [-0.3, -0.25) is 9.69 Å². The number of likely N-dealkylation sites (tertiary alicyclic amines) is 1. The Bertz CT molecular complexity index is 485. The first-order valence-corrected chi connectivity index (χ1v) is 8.30. The zero-order chi connectivity index (χ0) is 15.4. The molecule has 1 amide bonds. The quantitative estimate of drug-likeness (QED) is 0.895. The molecule has 0 saturated carbocycles. The van der Waals surface area contributed by atoms with Gasteiger partial charge in [0.1, 0.15) is 0 Å². The molecule has 0 bridgehead atoms. The maximum Gasteiger partial charge on any atom is 0.236 e. The molecule has 0 spiro atoms. The van der Waals surface area contributed by atoms with Crippen molar-refractivity contribution in [3.63, 3.8) is 0 Å². The van der Waals surface area contributed by atoms with E-state index < -0.39 is 0 Å². The fourth-order valence-electron chi connectivity index (χ4n) is 3.59. The average Bonchev–Trinajstić information content (AvgIpc) is 2.62. The van der Waals surface area contributed by atoms with Gasteiger partial charge in [0.25, 0.3) is 0 Å². The molecule has 5 nitrogen and oxygen atoms in total. The van der Waals surface area contributed by atoms with E-state index in [0.717, 1.165) is 45.7 Å². The van der Waals surface area contributed by atoms with Crippen LogP contribution in [0, 0.1) is 0 Å². The molecule has 1 unspecified atom stereocenters. The lowest BCUT2D eigenvalue weighted by atomic mass is 10.0. The van der Waals surface area contributed by atoms with Crippen LogP contribution in [0.2, 0.25) is 0 Å². The monoisotopic (exact) mass is 302 g/mol. The third-order valence-corrected chi connectivity index (χ3v) is 4.88. The van der Waals surface area contributed by atoms with Crippen molar-refractivity contribution in [2.45, 2.75) is 18.9 Å². The number of hydrogen-bond acceptors (Lipinski definition) is 4. The number of amides is 1. The summed E-state index contributed by atoms with van der Waals surface area (Å²) in [5.74, 6) is 0.0904. The van der Waals surface area contributed by atoms with E-state index in [1.807, 2.05) is 4.90 Å². The summed E-state index contributed by atoms with van der Waals surface area (Å²) >= 11 is 0. The number of carbonyl (C=O) groups is 1. The summed E-state index contributed by atoms with van der Waals surface area (Å²) in [6.07, 6.45) is 2.29. The highest BCUT2D eigenvalue weighted by Gasteiger charge is 2.29. The van der Waals surface area contributed by atoms with E-state index in [1.165, 1.54) is 12.1 Å². The van der Waals surface area contributed by atoms with Crippen LogP contribution in [-0.2, 0) is 4.79 Å². The van der Waals surface area contributed by atoms with Crippen molar-refractivity contribution in [1.82, 2.24) is 9.80 Å². The normalized spacial score (nSPS) is 23.6. The second-order valence-electron chi connectivity index (χ2n) is 6.20. The lowest BCUT2D eigenvalue weighted by Gasteiger charge is -2.43. The number of piperidine rings is 1. The fraction of sp³-hybridized carbons (Fsp3) is 0.588. The molecule has 0 radical (unpaired) electrons. The van der Waals surface area contributed by atoms with Crippen LogP contribution < -0.4 is 10.6 Å². The number of nitrogens with zero attached hydrogens (tertiary/aromatic N) is 3. The Labute approximate surface area is 132 Å². The van der Waals surface area contributed by atoms with E-state index in [2.05, 4.69) is 40.1 Å². The maximum atomic E-state index is 11.8. The maximum absolute atomic E-state index is 11.8. The van der Waals surface area contributed by atoms with Crippen molar-refractivity contribution >= 4 is 11.6 Å². The Hall–Kier alpha value is -1.59. The van der Waals surface area contributed by atoms with Gasteiger partial charge < -0.3 is 15.5 Å². The molecule has 0 aliphatic carbocycles. The standard InChI is InChI=1S/C17H26N4O/c18-13-17(22)21-8-4-7-16(14-21)20-11-9-19(10-12-20)15-5-2-1-3-6-15/h1-3,5-6,16H,4,7-14,18H2. The molecule has 5 heteroatoms. The predicted molar refractivity (Wildman–Crippen MR) is 88.9 cm³/mol. The number of piperazine rings is 1. The molecular formula is C17H26N4O. The Kier molecular flexibility index (Phi) is 4.95. The third kappa shape index (κ3) is 3.42. The van der Waals surface area contributed by atoms with Crippen LogP contribution in [0.1, 0.15) is 12.8 Å². The number of anilines is 1. The average molecular weight is 302 g/mol. The molecule has 1 atom stereocenters. The number of benzene rings is 1. The molecular weight excluding hydrogens is 276 g/mol. The summed E-state index contributed by atoms with van der Waals surface area (Å²) in [5.41, 5.74) is 6.81. The summed E-state index contributed by atoms with van der Waals surface area (Å²) in [6.45, 7) is 6.12. The van der Waals surface area contributed by atoms with Crippen LogP contribution in [0.25, 0.3) is 0 Å². The van der Waals surface area contributed by atoms with E-state index in [4.69, 9.17) is 5.73 Å². The molecule has 3 rings (SSSR count).